The quantitative estimate of drug-likeness (QED) is 0.469. The van der Waals surface area contributed by atoms with Gasteiger partial charge in [-0.15, -0.1) is 0 Å². The predicted octanol–water partition coefficient (Wildman–Crippen LogP) is 1.60. The number of benzene rings is 1. The van der Waals surface area contributed by atoms with Crippen molar-refractivity contribution in [3.63, 3.8) is 0 Å². The number of Topliss-reactive ketones (excluding diaryl/α,β-unsaturated/α-hetero) is 1. The van der Waals surface area contributed by atoms with Crippen LogP contribution in [-0.4, -0.2) is 31.9 Å². The van der Waals surface area contributed by atoms with E-state index in [1.54, 1.807) is 19.1 Å². The molecule has 0 N–H and O–H groups in total. The van der Waals surface area contributed by atoms with Crippen molar-refractivity contribution in [1.82, 2.24) is 0 Å². The van der Waals surface area contributed by atoms with Crippen LogP contribution in [0, 0.1) is 23.7 Å². The number of ether oxygens (including phenoxy) is 2. The Kier molecular flexibility index (Phi) is 6.84. The highest BCUT2D eigenvalue weighted by molar-refractivity contribution is 5.99. The molecule has 1 unspecified atom stereocenters. The van der Waals surface area contributed by atoms with Crippen molar-refractivity contribution in [3.05, 3.63) is 35.9 Å². The summed E-state index contributed by atoms with van der Waals surface area (Å²) in [6, 6.07) is 9.07. The SMILES string of the molecule is COC(=O)C(C(=O)OC)C(C)CC(=O)C#Cc1ccccc1. The molecule has 0 saturated carbocycles. The maximum absolute atomic E-state index is 11.9. The second-order valence-corrected chi connectivity index (χ2v) is 4.74. The van der Waals surface area contributed by atoms with Gasteiger partial charge in [0.2, 0.25) is 5.78 Å². The minimum Gasteiger partial charge on any atom is -0.468 e. The second-order valence-electron chi connectivity index (χ2n) is 4.74. The molecular weight excluding hydrogens is 284 g/mol. The Bertz CT molecular complexity index is 578. The minimum absolute atomic E-state index is 0.0330. The van der Waals surface area contributed by atoms with Crippen LogP contribution in [0.25, 0.3) is 0 Å². The van der Waals surface area contributed by atoms with Gasteiger partial charge in [-0.1, -0.05) is 31.0 Å². The van der Waals surface area contributed by atoms with E-state index in [0.717, 1.165) is 5.56 Å². The molecule has 1 aromatic rings. The fraction of sp³-hybridized carbons (Fsp3) is 0.353. The molecule has 1 rings (SSSR count). The van der Waals surface area contributed by atoms with E-state index in [9.17, 15) is 14.4 Å². The fourth-order valence-electron chi connectivity index (χ4n) is 1.94. The second kappa shape index (κ2) is 8.63. The first kappa shape index (κ1) is 17.4. The average molecular weight is 302 g/mol. The topological polar surface area (TPSA) is 69.7 Å². The van der Waals surface area contributed by atoms with Gasteiger partial charge in [-0.2, -0.15) is 0 Å². The van der Waals surface area contributed by atoms with E-state index in [2.05, 4.69) is 21.3 Å². The summed E-state index contributed by atoms with van der Waals surface area (Å²) in [6.45, 7) is 1.61. The monoisotopic (exact) mass is 302 g/mol. The lowest BCUT2D eigenvalue weighted by Crippen LogP contribution is -2.33. The van der Waals surface area contributed by atoms with Gasteiger partial charge >= 0.3 is 11.9 Å². The summed E-state index contributed by atoms with van der Waals surface area (Å²) in [5.74, 6) is 1.77. The number of rotatable bonds is 5. The summed E-state index contributed by atoms with van der Waals surface area (Å²) < 4.78 is 9.16. The summed E-state index contributed by atoms with van der Waals surface area (Å²) in [4.78, 5) is 35.2. The van der Waals surface area contributed by atoms with Crippen LogP contribution < -0.4 is 0 Å². The third-order valence-electron chi connectivity index (χ3n) is 3.11. The number of methoxy groups -OCH3 is 2. The van der Waals surface area contributed by atoms with Crippen LogP contribution in [0.5, 0.6) is 0 Å². The predicted molar refractivity (Wildman–Crippen MR) is 79.6 cm³/mol. The van der Waals surface area contributed by atoms with E-state index < -0.39 is 23.8 Å². The Labute approximate surface area is 129 Å². The van der Waals surface area contributed by atoms with Crippen LogP contribution >= 0.6 is 0 Å². The molecule has 0 radical (unpaired) electrons. The molecule has 1 atom stereocenters. The molecule has 0 aliphatic heterocycles. The third-order valence-corrected chi connectivity index (χ3v) is 3.11. The molecular formula is C17H18O5. The standard InChI is InChI=1S/C17H18O5/c1-12(15(16(19)21-2)17(20)22-3)11-14(18)10-9-13-7-5-4-6-8-13/h4-8,12,15H,11H2,1-3H3. The van der Waals surface area contributed by atoms with E-state index in [-0.39, 0.29) is 12.2 Å². The first-order valence-electron chi connectivity index (χ1n) is 6.75. The number of ketones is 1. The number of carbonyl (C=O) groups is 3. The zero-order valence-corrected chi connectivity index (χ0v) is 12.8. The van der Waals surface area contributed by atoms with Crippen LogP contribution in [0.3, 0.4) is 0 Å². The average Bonchev–Trinajstić information content (AvgIpc) is 2.53. The van der Waals surface area contributed by atoms with Gasteiger partial charge in [0.15, 0.2) is 5.92 Å². The molecule has 22 heavy (non-hydrogen) atoms. The van der Waals surface area contributed by atoms with Crippen molar-refractivity contribution >= 4 is 17.7 Å². The Morgan fingerprint density at radius 1 is 1.05 bits per heavy atom. The van der Waals surface area contributed by atoms with Crippen LogP contribution in [0.1, 0.15) is 18.9 Å². The van der Waals surface area contributed by atoms with Crippen LogP contribution in [0.15, 0.2) is 30.3 Å². The van der Waals surface area contributed by atoms with Crippen molar-refractivity contribution in [1.29, 1.82) is 0 Å². The van der Waals surface area contributed by atoms with Gasteiger partial charge in [-0.05, 0) is 24.0 Å². The Balaban J connectivity index is 2.75. The summed E-state index contributed by atoms with van der Waals surface area (Å²) in [7, 11) is 2.37. The zero-order valence-electron chi connectivity index (χ0n) is 12.8. The molecule has 0 fully saturated rings. The maximum Gasteiger partial charge on any atom is 0.320 e. The number of esters is 2. The molecule has 0 aliphatic rings. The van der Waals surface area contributed by atoms with Gasteiger partial charge in [0.1, 0.15) is 0 Å². The summed E-state index contributed by atoms with van der Waals surface area (Å²) in [6.07, 6.45) is -0.0330. The van der Waals surface area contributed by atoms with Crippen LogP contribution in [-0.2, 0) is 23.9 Å². The summed E-state index contributed by atoms with van der Waals surface area (Å²) >= 11 is 0. The highest BCUT2D eigenvalue weighted by atomic mass is 16.5. The fourth-order valence-corrected chi connectivity index (χ4v) is 1.94. The van der Waals surface area contributed by atoms with Crippen molar-refractivity contribution in [2.24, 2.45) is 11.8 Å². The van der Waals surface area contributed by atoms with Gasteiger partial charge in [0, 0.05) is 12.0 Å². The van der Waals surface area contributed by atoms with E-state index in [1.165, 1.54) is 14.2 Å². The molecule has 0 aromatic heterocycles. The molecule has 0 saturated heterocycles. The highest BCUT2D eigenvalue weighted by Crippen LogP contribution is 2.19. The summed E-state index contributed by atoms with van der Waals surface area (Å²) in [5.41, 5.74) is 0.723. The highest BCUT2D eigenvalue weighted by Gasteiger charge is 2.35. The molecule has 5 nitrogen and oxygen atoms in total. The minimum atomic E-state index is -1.13. The van der Waals surface area contributed by atoms with E-state index in [0.29, 0.717) is 0 Å². The normalized spacial score (nSPS) is 11.1. The number of hydrogen-bond donors (Lipinski definition) is 0. The van der Waals surface area contributed by atoms with Crippen molar-refractivity contribution < 1.29 is 23.9 Å². The molecule has 5 heteroatoms. The van der Waals surface area contributed by atoms with Gasteiger partial charge in [0.05, 0.1) is 14.2 Å². The van der Waals surface area contributed by atoms with Crippen molar-refractivity contribution in [2.75, 3.05) is 14.2 Å². The molecule has 0 bridgehead atoms. The largest absolute Gasteiger partial charge is 0.468 e. The molecule has 0 spiro atoms. The first-order chi connectivity index (χ1) is 10.5. The van der Waals surface area contributed by atoms with Crippen LogP contribution in [0.2, 0.25) is 0 Å². The lowest BCUT2D eigenvalue weighted by atomic mass is 9.89. The van der Waals surface area contributed by atoms with Gasteiger partial charge in [-0.25, -0.2) is 0 Å². The van der Waals surface area contributed by atoms with Crippen LogP contribution in [0.4, 0.5) is 0 Å². The van der Waals surface area contributed by atoms with Gasteiger partial charge < -0.3 is 9.47 Å². The molecule has 116 valence electrons. The Hall–Kier alpha value is -2.61. The molecule has 1 aromatic carbocycles. The molecule has 0 heterocycles. The summed E-state index contributed by atoms with van der Waals surface area (Å²) in [5, 5.41) is 0. The van der Waals surface area contributed by atoms with Gasteiger partial charge in [0.25, 0.3) is 0 Å². The lowest BCUT2D eigenvalue weighted by Gasteiger charge is -2.17. The van der Waals surface area contributed by atoms with Crippen molar-refractivity contribution in [3.8, 4) is 11.8 Å². The Morgan fingerprint density at radius 3 is 2.09 bits per heavy atom. The number of carbonyl (C=O) groups excluding carboxylic acids is 3. The van der Waals surface area contributed by atoms with E-state index in [1.807, 2.05) is 18.2 Å². The zero-order chi connectivity index (χ0) is 16.5. The van der Waals surface area contributed by atoms with E-state index >= 15 is 0 Å². The number of hydrogen-bond acceptors (Lipinski definition) is 5. The lowest BCUT2D eigenvalue weighted by molar-refractivity contribution is -0.161. The van der Waals surface area contributed by atoms with Gasteiger partial charge in [-0.3, -0.25) is 14.4 Å². The third kappa shape index (κ3) is 5.06. The first-order valence-corrected chi connectivity index (χ1v) is 6.75. The van der Waals surface area contributed by atoms with E-state index in [4.69, 9.17) is 0 Å². The molecule has 0 amide bonds. The maximum atomic E-state index is 11.9. The smallest absolute Gasteiger partial charge is 0.320 e. The van der Waals surface area contributed by atoms with Crippen molar-refractivity contribution in [2.45, 2.75) is 13.3 Å². The Morgan fingerprint density at radius 2 is 1.59 bits per heavy atom. The molecule has 0 aliphatic carbocycles.